The Kier molecular flexibility index (Phi) is 23.8. The number of unbranched alkanes of at least 4 members (excludes halogenated alkanes) is 13. The van der Waals surface area contributed by atoms with Crippen LogP contribution in [0.5, 0.6) is 0 Å². The molecule has 0 rings (SSSR count). The van der Waals surface area contributed by atoms with E-state index in [1.807, 2.05) is 0 Å². The van der Waals surface area contributed by atoms with Gasteiger partial charge < -0.3 is 16.4 Å². The summed E-state index contributed by atoms with van der Waals surface area (Å²) in [5.74, 6) is 0.259. The molecule has 7 heteroatoms. The van der Waals surface area contributed by atoms with Crippen molar-refractivity contribution in [1.29, 1.82) is 0 Å². The van der Waals surface area contributed by atoms with Crippen LogP contribution in [0.4, 0.5) is 0 Å². The molecule has 0 saturated carbocycles. The maximum Gasteiger partial charge on any atom is 0.211 e. The van der Waals surface area contributed by atoms with Gasteiger partial charge in [0.25, 0.3) is 0 Å². The molecule has 6 nitrogen and oxygen atoms in total. The molecule has 0 amide bonds. The van der Waals surface area contributed by atoms with Gasteiger partial charge >= 0.3 is 0 Å². The molecule has 0 aromatic rings. The smallest absolute Gasteiger partial charge is 0.211 e. The SMILES string of the molecule is CCCCCCCCCCCCCCCCS(=O)(=O)NCCCN(CCCN)CCCN. The number of hydrogen-bond donors (Lipinski definition) is 3. The second-order valence-electron chi connectivity index (χ2n) is 9.29. The van der Waals surface area contributed by atoms with Crippen LogP contribution < -0.4 is 16.2 Å². The molecule has 0 atom stereocenters. The van der Waals surface area contributed by atoms with Gasteiger partial charge in [0.15, 0.2) is 0 Å². The molecule has 0 spiro atoms. The van der Waals surface area contributed by atoms with Crippen molar-refractivity contribution in [2.45, 2.75) is 116 Å². The fraction of sp³-hybridized carbons (Fsp3) is 1.00. The predicted octanol–water partition coefficient (Wildman–Crippen LogP) is 4.78. The molecule has 0 radical (unpaired) electrons. The summed E-state index contributed by atoms with van der Waals surface area (Å²) in [6, 6.07) is 0. The Morgan fingerprint density at radius 1 is 0.594 bits per heavy atom. The van der Waals surface area contributed by atoms with Gasteiger partial charge in [-0.15, -0.1) is 0 Å². The Morgan fingerprint density at radius 2 is 1.00 bits per heavy atom. The first kappa shape index (κ1) is 31.8. The van der Waals surface area contributed by atoms with E-state index >= 15 is 0 Å². The normalized spacial score (nSPS) is 12.1. The molecule has 0 heterocycles. The maximum atomic E-state index is 12.2. The third kappa shape index (κ3) is 23.0. The monoisotopic (exact) mass is 476 g/mol. The lowest BCUT2D eigenvalue weighted by Crippen LogP contribution is -2.33. The van der Waals surface area contributed by atoms with Gasteiger partial charge in [-0.2, -0.15) is 0 Å². The van der Waals surface area contributed by atoms with Crippen LogP contribution in [0.1, 0.15) is 116 Å². The summed E-state index contributed by atoms with van der Waals surface area (Å²) < 4.78 is 27.1. The van der Waals surface area contributed by atoms with E-state index in [0.717, 1.165) is 58.2 Å². The van der Waals surface area contributed by atoms with E-state index in [2.05, 4.69) is 16.5 Å². The number of nitrogens with one attached hydrogen (secondary N) is 1. The molecule has 0 aromatic carbocycles. The van der Waals surface area contributed by atoms with E-state index in [1.54, 1.807) is 0 Å². The highest BCUT2D eigenvalue weighted by Crippen LogP contribution is 2.13. The molecule has 0 unspecified atom stereocenters. The lowest BCUT2D eigenvalue weighted by molar-refractivity contribution is 0.267. The fourth-order valence-corrected chi connectivity index (χ4v) is 5.24. The minimum absolute atomic E-state index is 0.259. The third-order valence-corrected chi connectivity index (χ3v) is 7.57. The summed E-state index contributed by atoms with van der Waals surface area (Å²) in [5, 5.41) is 0. The van der Waals surface area contributed by atoms with Crippen LogP contribution >= 0.6 is 0 Å². The highest BCUT2D eigenvalue weighted by Gasteiger charge is 2.10. The third-order valence-electron chi connectivity index (χ3n) is 6.10. The van der Waals surface area contributed by atoms with Crippen molar-refractivity contribution in [2.24, 2.45) is 11.5 Å². The number of hydrogen-bond acceptors (Lipinski definition) is 5. The van der Waals surface area contributed by atoms with Gasteiger partial charge in [0, 0.05) is 6.54 Å². The molecule has 0 aliphatic rings. The van der Waals surface area contributed by atoms with Gasteiger partial charge in [0.1, 0.15) is 0 Å². The number of sulfonamides is 1. The summed E-state index contributed by atoms with van der Waals surface area (Å²) >= 11 is 0. The molecule has 5 N–H and O–H groups in total. The quantitative estimate of drug-likeness (QED) is 0.156. The van der Waals surface area contributed by atoms with E-state index in [9.17, 15) is 8.42 Å². The Labute approximate surface area is 200 Å². The first-order chi connectivity index (χ1) is 15.6. The molecule has 0 aliphatic carbocycles. The lowest BCUT2D eigenvalue weighted by Gasteiger charge is -2.21. The molecule has 0 aromatic heterocycles. The van der Waals surface area contributed by atoms with E-state index in [0.29, 0.717) is 19.6 Å². The van der Waals surface area contributed by atoms with Crippen molar-refractivity contribution in [3.05, 3.63) is 0 Å². The van der Waals surface area contributed by atoms with Gasteiger partial charge in [-0.1, -0.05) is 90.4 Å². The summed E-state index contributed by atoms with van der Waals surface area (Å²) in [5.41, 5.74) is 11.2. The summed E-state index contributed by atoms with van der Waals surface area (Å²) in [4.78, 5) is 2.33. The zero-order valence-electron chi connectivity index (χ0n) is 21.3. The highest BCUT2D eigenvalue weighted by molar-refractivity contribution is 7.89. The van der Waals surface area contributed by atoms with Crippen LogP contribution in [0.2, 0.25) is 0 Å². The second kappa shape index (κ2) is 23.9. The molecule has 0 fully saturated rings. The van der Waals surface area contributed by atoms with Gasteiger partial charge in [-0.25, -0.2) is 13.1 Å². The highest BCUT2D eigenvalue weighted by atomic mass is 32.2. The average molecular weight is 477 g/mol. The van der Waals surface area contributed by atoms with Crippen molar-refractivity contribution in [1.82, 2.24) is 9.62 Å². The number of nitrogens with zero attached hydrogens (tertiary/aromatic N) is 1. The van der Waals surface area contributed by atoms with E-state index < -0.39 is 10.0 Å². The molecule has 194 valence electrons. The molecule has 0 bridgehead atoms. The first-order valence-electron chi connectivity index (χ1n) is 13.7. The van der Waals surface area contributed by atoms with Crippen LogP contribution in [0.3, 0.4) is 0 Å². The molecule has 0 aliphatic heterocycles. The van der Waals surface area contributed by atoms with Crippen LogP contribution in [0.15, 0.2) is 0 Å². The van der Waals surface area contributed by atoms with Gasteiger partial charge in [-0.3, -0.25) is 0 Å². The summed E-state index contributed by atoms with van der Waals surface area (Å²) in [7, 11) is -3.14. The van der Waals surface area contributed by atoms with Gasteiger partial charge in [-0.05, 0) is 58.4 Å². The van der Waals surface area contributed by atoms with Crippen LogP contribution in [-0.2, 0) is 10.0 Å². The van der Waals surface area contributed by atoms with Crippen molar-refractivity contribution in [3.63, 3.8) is 0 Å². The van der Waals surface area contributed by atoms with Gasteiger partial charge in [0.2, 0.25) is 10.0 Å². The molecule has 32 heavy (non-hydrogen) atoms. The summed E-state index contributed by atoms with van der Waals surface area (Å²) in [6.45, 7) is 6.97. The Balaban J connectivity index is 3.56. The molecular weight excluding hydrogens is 420 g/mol. The van der Waals surface area contributed by atoms with Crippen LogP contribution in [0, 0.1) is 0 Å². The minimum atomic E-state index is -3.14. The maximum absolute atomic E-state index is 12.2. The number of rotatable bonds is 26. The fourth-order valence-electron chi connectivity index (χ4n) is 4.05. The van der Waals surface area contributed by atoms with Crippen molar-refractivity contribution < 1.29 is 8.42 Å². The first-order valence-corrected chi connectivity index (χ1v) is 15.3. The Morgan fingerprint density at radius 3 is 1.44 bits per heavy atom. The minimum Gasteiger partial charge on any atom is -0.330 e. The second-order valence-corrected chi connectivity index (χ2v) is 11.2. The Hall–Kier alpha value is -0.210. The standard InChI is InChI=1S/C25H56N4O2S/c1-2-3-4-5-6-7-8-9-10-11-12-13-14-15-25-32(30,31)28-21-18-24-29(22-16-19-26)23-17-20-27/h28H,2-27H2,1H3. The van der Waals surface area contributed by atoms with E-state index in [1.165, 1.54) is 70.6 Å². The van der Waals surface area contributed by atoms with Crippen molar-refractivity contribution >= 4 is 10.0 Å². The van der Waals surface area contributed by atoms with Crippen LogP contribution in [-0.4, -0.2) is 58.3 Å². The van der Waals surface area contributed by atoms with Crippen molar-refractivity contribution in [3.8, 4) is 0 Å². The Bertz CT molecular complexity index is 467. The zero-order valence-corrected chi connectivity index (χ0v) is 22.1. The van der Waals surface area contributed by atoms with Crippen molar-refractivity contribution in [2.75, 3.05) is 45.0 Å². The topological polar surface area (TPSA) is 101 Å². The number of nitrogens with two attached hydrogens (primary N) is 2. The largest absolute Gasteiger partial charge is 0.330 e. The summed E-state index contributed by atoms with van der Waals surface area (Å²) in [6.07, 6.45) is 20.7. The average Bonchev–Trinajstić information content (AvgIpc) is 2.78. The lowest BCUT2D eigenvalue weighted by atomic mass is 10.0. The zero-order chi connectivity index (χ0) is 23.8. The van der Waals surface area contributed by atoms with Crippen LogP contribution in [0.25, 0.3) is 0 Å². The van der Waals surface area contributed by atoms with Gasteiger partial charge in [0.05, 0.1) is 5.75 Å². The van der Waals surface area contributed by atoms with E-state index in [4.69, 9.17) is 11.5 Å². The van der Waals surface area contributed by atoms with E-state index in [-0.39, 0.29) is 5.75 Å². The predicted molar refractivity (Wildman–Crippen MR) is 141 cm³/mol. The molecule has 0 saturated heterocycles. The molecular formula is C25H56N4O2S.